The molecule has 70 valence electrons. The third-order valence-corrected chi connectivity index (χ3v) is 3.58. The van der Waals surface area contributed by atoms with Gasteiger partial charge in [-0.05, 0) is 30.7 Å². The Labute approximate surface area is 76.0 Å². The third-order valence-electron chi connectivity index (χ3n) is 3.58. The van der Waals surface area contributed by atoms with Crippen molar-refractivity contribution in [1.29, 1.82) is 0 Å². The molecule has 1 fully saturated rings. The van der Waals surface area contributed by atoms with Crippen LogP contribution in [-0.4, -0.2) is 6.54 Å². The molecule has 0 saturated heterocycles. The first-order valence-corrected chi connectivity index (χ1v) is 5.08. The van der Waals surface area contributed by atoms with Crippen LogP contribution in [0.3, 0.4) is 0 Å². The maximum Gasteiger partial charge on any atom is -0.00150 e. The fourth-order valence-corrected chi connectivity index (χ4v) is 2.35. The van der Waals surface area contributed by atoms with Gasteiger partial charge in [-0.2, -0.15) is 0 Å². The summed E-state index contributed by atoms with van der Waals surface area (Å²) in [6.45, 7) is 6.96. The van der Waals surface area contributed by atoms with Crippen LogP contribution in [0.2, 0.25) is 0 Å². The Morgan fingerprint density at radius 2 is 2.00 bits per heavy atom. The zero-order valence-corrected chi connectivity index (χ0v) is 8.18. The molecule has 1 aliphatic carbocycles. The summed E-state index contributed by atoms with van der Waals surface area (Å²) >= 11 is 0. The maximum atomic E-state index is 5.87. The molecule has 0 radical (unpaired) electrons. The van der Waals surface area contributed by atoms with Crippen molar-refractivity contribution in [2.75, 3.05) is 6.54 Å². The van der Waals surface area contributed by atoms with Crippen LogP contribution in [0.15, 0.2) is 12.7 Å². The van der Waals surface area contributed by atoms with Crippen LogP contribution in [0, 0.1) is 11.3 Å². The lowest BCUT2D eigenvalue weighted by atomic mass is 9.66. The summed E-state index contributed by atoms with van der Waals surface area (Å²) in [5, 5.41) is 0. The van der Waals surface area contributed by atoms with E-state index in [-0.39, 0.29) is 0 Å². The van der Waals surface area contributed by atoms with E-state index in [0.29, 0.717) is 11.3 Å². The highest BCUT2D eigenvalue weighted by atomic mass is 14.6. The van der Waals surface area contributed by atoms with E-state index in [1.54, 1.807) is 0 Å². The second-order valence-corrected chi connectivity index (χ2v) is 4.15. The van der Waals surface area contributed by atoms with Gasteiger partial charge in [-0.3, -0.25) is 0 Å². The Balaban J connectivity index is 2.65. The van der Waals surface area contributed by atoms with Crippen molar-refractivity contribution in [2.45, 2.75) is 39.0 Å². The van der Waals surface area contributed by atoms with E-state index in [9.17, 15) is 0 Å². The lowest BCUT2D eigenvalue weighted by Crippen LogP contribution is -2.37. The van der Waals surface area contributed by atoms with E-state index < -0.39 is 0 Å². The molecule has 0 aromatic heterocycles. The maximum absolute atomic E-state index is 5.87. The minimum atomic E-state index is 0.389. The molecule has 1 unspecified atom stereocenters. The average Bonchev–Trinajstić information content (AvgIpc) is 2.17. The Bertz CT molecular complexity index is 145. The van der Waals surface area contributed by atoms with Gasteiger partial charge >= 0.3 is 0 Å². The van der Waals surface area contributed by atoms with Crippen LogP contribution in [0.5, 0.6) is 0 Å². The molecule has 1 saturated carbocycles. The van der Waals surface area contributed by atoms with Gasteiger partial charge in [0.2, 0.25) is 0 Å². The molecule has 12 heavy (non-hydrogen) atoms. The van der Waals surface area contributed by atoms with Crippen LogP contribution in [0.1, 0.15) is 39.0 Å². The first-order chi connectivity index (χ1) is 5.75. The van der Waals surface area contributed by atoms with Crippen LogP contribution in [0.4, 0.5) is 0 Å². The molecule has 0 heterocycles. The molecule has 0 amide bonds. The normalized spacial score (nSPS) is 24.8. The number of hydrogen-bond acceptors (Lipinski definition) is 1. The van der Waals surface area contributed by atoms with Crippen molar-refractivity contribution in [3.63, 3.8) is 0 Å². The molecule has 1 rings (SSSR count). The number of rotatable bonds is 3. The van der Waals surface area contributed by atoms with Gasteiger partial charge in [-0.15, -0.1) is 6.58 Å². The molecule has 0 aromatic rings. The third kappa shape index (κ3) is 1.71. The molecule has 2 N–H and O–H groups in total. The molecule has 1 heteroatoms. The Kier molecular flexibility index (Phi) is 3.33. The summed E-state index contributed by atoms with van der Waals surface area (Å²) in [5.74, 6) is 0.586. The van der Waals surface area contributed by atoms with E-state index >= 15 is 0 Å². The lowest BCUT2D eigenvalue weighted by Gasteiger charge is -2.40. The topological polar surface area (TPSA) is 26.0 Å². The van der Waals surface area contributed by atoms with Gasteiger partial charge in [0.1, 0.15) is 0 Å². The standard InChI is InChI=1S/C11H21N/c1-3-10(2)11(9-12)7-5-4-6-8-11/h3,10H,1,4-9,12H2,2H3. The molecule has 0 bridgehead atoms. The minimum Gasteiger partial charge on any atom is -0.330 e. The van der Waals surface area contributed by atoms with Crippen LogP contribution >= 0.6 is 0 Å². The van der Waals surface area contributed by atoms with Crippen LogP contribution in [0.25, 0.3) is 0 Å². The van der Waals surface area contributed by atoms with Gasteiger partial charge in [-0.25, -0.2) is 0 Å². The molecule has 1 atom stereocenters. The number of hydrogen-bond donors (Lipinski definition) is 1. The lowest BCUT2D eigenvalue weighted by molar-refractivity contribution is 0.145. The summed E-state index contributed by atoms with van der Waals surface area (Å²) < 4.78 is 0. The number of allylic oxidation sites excluding steroid dienone is 1. The molecule has 0 aromatic carbocycles. The van der Waals surface area contributed by atoms with E-state index in [4.69, 9.17) is 5.73 Å². The fourth-order valence-electron chi connectivity index (χ4n) is 2.35. The van der Waals surface area contributed by atoms with E-state index in [1.807, 2.05) is 0 Å². The van der Waals surface area contributed by atoms with Crippen molar-refractivity contribution >= 4 is 0 Å². The van der Waals surface area contributed by atoms with E-state index in [2.05, 4.69) is 19.6 Å². The van der Waals surface area contributed by atoms with Gasteiger partial charge in [0.15, 0.2) is 0 Å². The van der Waals surface area contributed by atoms with Crippen molar-refractivity contribution in [1.82, 2.24) is 0 Å². The first-order valence-electron chi connectivity index (χ1n) is 5.08. The van der Waals surface area contributed by atoms with Crippen LogP contribution in [-0.2, 0) is 0 Å². The Morgan fingerprint density at radius 1 is 1.42 bits per heavy atom. The Morgan fingerprint density at radius 3 is 2.42 bits per heavy atom. The monoisotopic (exact) mass is 167 g/mol. The van der Waals surface area contributed by atoms with Gasteiger partial charge in [-0.1, -0.05) is 32.3 Å². The highest BCUT2D eigenvalue weighted by molar-refractivity contribution is 4.95. The summed E-state index contributed by atoms with van der Waals surface area (Å²) in [5.41, 5.74) is 6.26. The quantitative estimate of drug-likeness (QED) is 0.643. The average molecular weight is 167 g/mol. The van der Waals surface area contributed by atoms with Crippen molar-refractivity contribution in [2.24, 2.45) is 17.1 Å². The molecular weight excluding hydrogens is 146 g/mol. The highest BCUT2D eigenvalue weighted by Crippen LogP contribution is 2.41. The first kappa shape index (κ1) is 9.79. The van der Waals surface area contributed by atoms with Gasteiger partial charge in [0.25, 0.3) is 0 Å². The van der Waals surface area contributed by atoms with E-state index in [0.717, 1.165) is 6.54 Å². The zero-order valence-electron chi connectivity index (χ0n) is 8.18. The second-order valence-electron chi connectivity index (χ2n) is 4.15. The summed E-state index contributed by atoms with van der Waals surface area (Å²) in [6, 6.07) is 0. The fraction of sp³-hybridized carbons (Fsp3) is 0.818. The van der Waals surface area contributed by atoms with Gasteiger partial charge < -0.3 is 5.73 Å². The molecule has 0 aliphatic heterocycles. The largest absolute Gasteiger partial charge is 0.330 e. The Hall–Kier alpha value is -0.300. The zero-order chi connectivity index (χ0) is 9.03. The summed E-state index contributed by atoms with van der Waals surface area (Å²) in [7, 11) is 0. The van der Waals surface area contributed by atoms with Crippen molar-refractivity contribution in [3.05, 3.63) is 12.7 Å². The molecule has 0 spiro atoms. The van der Waals surface area contributed by atoms with Gasteiger partial charge in [0.05, 0.1) is 0 Å². The minimum absolute atomic E-state index is 0.389. The van der Waals surface area contributed by atoms with Gasteiger partial charge in [0, 0.05) is 0 Å². The smallest absolute Gasteiger partial charge is 0.00150 e. The molecular formula is C11H21N. The predicted molar refractivity (Wildman–Crippen MR) is 53.9 cm³/mol. The predicted octanol–water partition coefficient (Wildman–Crippen LogP) is 2.72. The van der Waals surface area contributed by atoms with Crippen molar-refractivity contribution in [3.8, 4) is 0 Å². The van der Waals surface area contributed by atoms with Crippen molar-refractivity contribution < 1.29 is 0 Å². The second kappa shape index (κ2) is 4.08. The van der Waals surface area contributed by atoms with E-state index in [1.165, 1.54) is 32.1 Å². The SMILES string of the molecule is C=CC(C)C1(CN)CCCCC1. The number of nitrogens with two attached hydrogens (primary N) is 1. The molecule has 1 aliphatic rings. The summed E-state index contributed by atoms with van der Waals surface area (Å²) in [4.78, 5) is 0. The van der Waals surface area contributed by atoms with Crippen LogP contribution < -0.4 is 5.73 Å². The molecule has 1 nitrogen and oxygen atoms in total. The summed E-state index contributed by atoms with van der Waals surface area (Å²) in [6.07, 6.45) is 8.78. The highest BCUT2D eigenvalue weighted by Gasteiger charge is 2.34.